The Labute approximate surface area is 129 Å². The van der Waals surface area contributed by atoms with E-state index in [4.69, 9.17) is 4.74 Å². The van der Waals surface area contributed by atoms with E-state index in [1.54, 1.807) is 22.1 Å². The second-order valence-electron chi connectivity index (χ2n) is 5.59. The standard InChI is InChI=1S/C16H20N4O2/c1-19(10-15-7-2-3-8-22-15)16(21)13-5-4-6-14(9-13)20-11-17-18-12-20/h4-6,9,11-12,15H,2-3,7-8,10H2,1H3/t15-/m0/s1. The van der Waals surface area contributed by atoms with Crippen LogP contribution in [0, 0.1) is 0 Å². The van der Waals surface area contributed by atoms with Crippen LogP contribution >= 0.6 is 0 Å². The third kappa shape index (κ3) is 3.33. The van der Waals surface area contributed by atoms with Gasteiger partial charge in [-0.3, -0.25) is 9.36 Å². The molecule has 0 spiro atoms. The number of likely N-dealkylation sites (N-methyl/N-ethyl adjacent to an activating group) is 1. The molecular formula is C16H20N4O2. The quantitative estimate of drug-likeness (QED) is 0.865. The van der Waals surface area contributed by atoms with Crippen LogP contribution < -0.4 is 0 Å². The van der Waals surface area contributed by atoms with Gasteiger partial charge in [0.2, 0.25) is 0 Å². The fourth-order valence-corrected chi connectivity index (χ4v) is 2.69. The molecule has 1 aromatic heterocycles. The number of rotatable bonds is 4. The lowest BCUT2D eigenvalue weighted by atomic mass is 10.1. The zero-order valence-electron chi connectivity index (χ0n) is 12.7. The molecule has 1 atom stereocenters. The number of carbonyl (C=O) groups excluding carboxylic acids is 1. The molecule has 0 saturated carbocycles. The first-order valence-corrected chi connectivity index (χ1v) is 7.56. The van der Waals surface area contributed by atoms with Crippen molar-refractivity contribution in [1.82, 2.24) is 19.7 Å². The summed E-state index contributed by atoms with van der Waals surface area (Å²) in [6.07, 6.45) is 6.71. The van der Waals surface area contributed by atoms with E-state index in [-0.39, 0.29) is 12.0 Å². The Morgan fingerprint density at radius 2 is 2.18 bits per heavy atom. The minimum absolute atomic E-state index is 0.00379. The maximum atomic E-state index is 12.6. The van der Waals surface area contributed by atoms with Gasteiger partial charge in [0.1, 0.15) is 12.7 Å². The van der Waals surface area contributed by atoms with E-state index in [1.165, 1.54) is 6.42 Å². The first-order valence-electron chi connectivity index (χ1n) is 7.56. The van der Waals surface area contributed by atoms with Gasteiger partial charge >= 0.3 is 0 Å². The first-order chi connectivity index (χ1) is 10.7. The van der Waals surface area contributed by atoms with Crippen LogP contribution in [0.25, 0.3) is 5.69 Å². The lowest BCUT2D eigenvalue weighted by Gasteiger charge is -2.27. The zero-order chi connectivity index (χ0) is 15.4. The fraction of sp³-hybridized carbons (Fsp3) is 0.438. The minimum atomic E-state index is 0.00379. The topological polar surface area (TPSA) is 60.2 Å². The third-order valence-electron chi connectivity index (χ3n) is 3.91. The zero-order valence-corrected chi connectivity index (χ0v) is 12.7. The second kappa shape index (κ2) is 6.70. The van der Waals surface area contributed by atoms with E-state index < -0.39 is 0 Å². The average molecular weight is 300 g/mol. The molecule has 2 aromatic rings. The van der Waals surface area contributed by atoms with Gasteiger partial charge in [-0.2, -0.15) is 0 Å². The van der Waals surface area contributed by atoms with Crippen LogP contribution in [0.2, 0.25) is 0 Å². The number of hydrogen-bond acceptors (Lipinski definition) is 4. The summed E-state index contributed by atoms with van der Waals surface area (Å²) in [6, 6.07) is 7.47. The maximum absolute atomic E-state index is 12.6. The molecule has 1 aliphatic heterocycles. The summed E-state index contributed by atoms with van der Waals surface area (Å²) in [5.74, 6) is 0.00379. The van der Waals surface area contributed by atoms with Crippen molar-refractivity contribution in [2.75, 3.05) is 20.2 Å². The number of ether oxygens (including phenoxy) is 1. The Morgan fingerprint density at radius 1 is 1.36 bits per heavy atom. The summed E-state index contributed by atoms with van der Waals surface area (Å²) in [5.41, 5.74) is 1.53. The van der Waals surface area contributed by atoms with E-state index in [9.17, 15) is 4.79 Å². The Hall–Kier alpha value is -2.21. The molecule has 1 fully saturated rings. The van der Waals surface area contributed by atoms with Gasteiger partial charge in [0.15, 0.2) is 0 Å². The van der Waals surface area contributed by atoms with Gasteiger partial charge < -0.3 is 9.64 Å². The smallest absolute Gasteiger partial charge is 0.253 e. The molecule has 2 heterocycles. The van der Waals surface area contributed by atoms with Crippen LogP contribution in [0.15, 0.2) is 36.9 Å². The number of hydrogen-bond donors (Lipinski definition) is 0. The third-order valence-corrected chi connectivity index (χ3v) is 3.91. The summed E-state index contributed by atoms with van der Waals surface area (Å²) >= 11 is 0. The molecule has 0 aliphatic carbocycles. The highest BCUT2D eigenvalue weighted by Gasteiger charge is 2.19. The van der Waals surface area contributed by atoms with Crippen molar-refractivity contribution in [2.45, 2.75) is 25.4 Å². The highest BCUT2D eigenvalue weighted by Crippen LogP contribution is 2.16. The van der Waals surface area contributed by atoms with Crippen LogP contribution in [-0.4, -0.2) is 51.9 Å². The Bertz CT molecular complexity index is 621. The van der Waals surface area contributed by atoms with Gasteiger partial charge in [-0.25, -0.2) is 0 Å². The van der Waals surface area contributed by atoms with E-state index in [0.29, 0.717) is 12.1 Å². The van der Waals surface area contributed by atoms with Crippen LogP contribution in [0.5, 0.6) is 0 Å². The molecule has 0 unspecified atom stereocenters. The molecule has 1 amide bonds. The summed E-state index contributed by atoms with van der Waals surface area (Å²) in [4.78, 5) is 14.3. The molecule has 6 heteroatoms. The van der Waals surface area contributed by atoms with Crippen molar-refractivity contribution in [2.24, 2.45) is 0 Å². The van der Waals surface area contributed by atoms with Gasteiger partial charge in [-0.15, -0.1) is 10.2 Å². The second-order valence-corrected chi connectivity index (χ2v) is 5.59. The number of nitrogens with zero attached hydrogens (tertiary/aromatic N) is 4. The Morgan fingerprint density at radius 3 is 2.91 bits per heavy atom. The molecule has 1 saturated heterocycles. The highest BCUT2D eigenvalue weighted by atomic mass is 16.5. The highest BCUT2D eigenvalue weighted by molar-refractivity contribution is 5.94. The molecule has 6 nitrogen and oxygen atoms in total. The van der Waals surface area contributed by atoms with E-state index >= 15 is 0 Å². The van der Waals surface area contributed by atoms with Crippen molar-refractivity contribution >= 4 is 5.91 Å². The minimum Gasteiger partial charge on any atom is -0.376 e. The molecule has 0 N–H and O–H groups in total. The van der Waals surface area contributed by atoms with Gasteiger partial charge in [0, 0.05) is 31.5 Å². The Kier molecular flexibility index (Phi) is 4.48. The lowest BCUT2D eigenvalue weighted by molar-refractivity contribution is -0.000187. The predicted molar refractivity (Wildman–Crippen MR) is 81.9 cm³/mol. The molecule has 1 aliphatic rings. The van der Waals surface area contributed by atoms with Crippen molar-refractivity contribution in [3.05, 3.63) is 42.5 Å². The van der Waals surface area contributed by atoms with Gasteiger partial charge in [-0.1, -0.05) is 6.07 Å². The summed E-state index contributed by atoms with van der Waals surface area (Å²) in [6.45, 7) is 1.44. The summed E-state index contributed by atoms with van der Waals surface area (Å²) in [5, 5.41) is 7.57. The van der Waals surface area contributed by atoms with Crippen molar-refractivity contribution in [3.8, 4) is 5.69 Å². The molecule has 0 radical (unpaired) electrons. The first kappa shape index (κ1) is 14.7. The van der Waals surface area contributed by atoms with E-state index in [0.717, 1.165) is 25.1 Å². The Balaban J connectivity index is 1.70. The number of aromatic nitrogens is 3. The molecule has 1 aromatic carbocycles. The van der Waals surface area contributed by atoms with E-state index in [2.05, 4.69) is 10.2 Å². The molecule has 22 heavy (non-hydrogen) atoms. The number of benzene rings is 1. The van der Waals surface area contributed by atoms with Crippen molar-refractivity contribution < 1.29 is 9.53 Å². The molecular weight excluding hydrogens is 280 g/mol. The van der Waals surface area contributed by atoms with Crippen molar-refractivity contribution in [1.29, 1.82) is 0 Å². The average Bonchev–Trinajstić information content (AvgIpc) is 3.10. The molecule has 3 rings (SSSR count). The van der Waals surface area contributed by atoms with Crippen LogP contribution in [0.3, 0.4) is 0 Å². The largest absolute Gasteiger partial charge is 0.376 e. The summed E-state index contributed by atoms with van der Waals surface area (Å²) in [7, 11) is 1.83. The predicted octanol–water partition coefficient (Wildman–Crippen LogP) is 1.91. The lowest BCUT2D eigenvalue weighted by Crippen LogP contribution is -2.37. The van der Waals surface area contributed by atoms with Crippen molar-refractivity contribution in [3.63, 3.8) is 0 Å². The SMILES string of the molecule is CN(C[C@@H]1CCCCO1)C(=O)c1cccc(-n2cnnc2)c1. The fourth-order valence-electron chi connectivity index (χ4n) is 2.69. The van der Waals surface area contributed by atoms with E-state index in [1.807, 2.05) is 31.3 Å². The van der Waals surface area contributed by atoms with Gasteiger partial charge in [0.25, 0.3) is 5.91 Å². The number of carbonyl (C=O) groups is 1. The van der Waals surface area contributed by atoms with Gasteiger partial charge in [-0.05, 0) is 37.5 Å². The van der Waals surface area contributed by atoms with Crippen LogP contribution in [0.4, 0.5) is 0 Å². The molecule has 0 bridgehead atoms. The molecule has 116 valence electrons. The maximum Gasteiger partial charge on any atom is 0.253 e. The number of amides is 1. The van der Waals surface area contributed by atoms with Gasteiger partial charge in [0.05, 0.1) is 6.10 Å². The van der Waals surface area contributed by atoms with Crippen LogP contribution in [-0.2, 0) is 4.74 Å². The summed E-state index contributed by atoms with van der Waals surface area (Å²) < 4.78 is 7.48. The normalized spacial score (nSPS) is 18.1. The monoisotopic (exact) mass is 300 g/mol. The van der Waals surface area contributed by atoms with Crippen LogP contribution in [0.1, 0.15) is 29.6 Å².